The van der Waals surface area contributed by atoms with Crippen LogP contribution in [0.1, 0.15) is 0 Å². The van der Waals surface area contributed by atoms with Gasteiger partial charge in [-0.3, -0.25) is 4.79 Å². The van der Waals surface area contributed by atoms with Crippen LogP contribution in [0, 0.1) is 5.82 Å². The van der Waals surface area contributed by atoms with Crippen molar-refractivity contribution in [1.29, 1.82) is 0 Å². The number of carbonyl (C=O) groups is 1. The second kappa shape index (κ2) is 7.74. The van der Waals surface area contributed by atoms with Crippen LogP contribution in [0.15, 0.2) is 46.9 Å². The Morgan fingerprint density at radius 2 is 1.92 bits per heavy atom. The van der Waals surface area contributed by atoms with E-state index in [1.54, 1.807) is 29.2 Å². The number of hydrogen-bond donors (Lipinski definition) is 1. The predicted octanol–water partition coefficient (Wildman–Crippen LogP) is 3.02. The number of carbonyl (C=O) groups excluding carboxylic acids is 1. The zero-order valence-corrected chi connectivity index (χ0v) is 15.1. The van der Waals surface area contributed by atoms with Crippen molar-refractivity contribution < 1.29 is 19.0 Å². The van der Waals surface area contributed by atoms with Gasteiger partial charge >= 0.3 is 0 Å². The van der Waals surface area contributed by atoms with E-state index >= 15 is 0 Å². The predicted molar refractivity (Wildman–Crippen MR) is 96.5 cm³/mol. The SMILES string of the molecule is O=C(COc1ccc(Br)cc1F)N1CCN(c2cccc(O)c2)CC1. The Morgan fingerprint density at radius 1 is 1.16 bits per heavy atom. The lowest BCUT2D eigenvalue weighted by Gasteiger charge is -2.36. The summed E-state index contributed by atoms with van der Waals surface area (Å²) < 4.78 is 19.6. The molecule has 0 saturated carbocycles. The van der Waals surface area contributed by atoms with Crippen molar-refractivity contribution in [1.82, 2.24) is 4.90 Å². The summed E-state index contributed by atoms with van der Waals surface area (Å²) in [5.41, 5.74) is 0.931. The van der Waals surface area contributed by atoms with Gasteiger partial charge in [0.15, 0.2) is 18.2 Å². The van der Waals surface area contributed by atoms with Crippen LogP contribution < -0.4 is 9.64 Å². The van der Waals surface area contributed by atoms with E-state index < -0.39 is 5.82 Å². The van der Waals surface area contributed by atoms with Gasteiger partial charge in [0.05, 0.1) is 0 Å². The Hall–Kier alpha value is -2.28. The molecule has 2 aromatic carbocycles. The molecule has 1 heterocycles. The molecule has 132 valence electrons. The first kappa shape index (κ1) is 17.5. The average Bonchev–Trinajstić information content (AvgIpc) is 2.61. The van der Waals surface area contributed by atoms with Crippen LogP contribution in [0.2, 0.25) is 0 Å². The van der Waals surface area contributed by atoms with Crippen LogP contribution in [0.3, 0.4) is 0 Å². The van der Waals surface area contributed by atoms with Crippen molar-refractivity contribution in [2.45, 2.75) is 0 Å². The van der Waals surface area contributed by atoms with E-state index in [4.69, 9.17) is 4.74 Å². The Balaban J connectivity index is 1.51. The monoisotopic (exact) mass is 408 g/mol. The van der Waals surface area contributed by atoms with Gasteiger partial charge in [-0.15, -0.1) is 0 Å². The van der Waals surface area contributed by atoms with Gasteiger partial charge in [0.2, 0.25) is 0 Å². The first-order valence-corrected chi connectivity index (χ1v) is 8.72. The van der Waals surface area contributed by atoms with Crippen molar-refractivity contribution >= 4 is 27.5 Å². The number of halogens is 2. The molecule has 1 fully saturated rings. The summed E-state index contributed by atoms with van der Waals surface area (Å²) >= 11 is 3.18. The molecule has 25 heavy (non-hydrogen) atoms. The Morgan fingerprint density at radius 3 is 2.60 bits per heavy atom. The lowest BCUT2D eigenvalue weighted by molar-refractivity contribution is -0.133. The number of rotatable bonds is 4. The quantitative estimate of drug-likeness (QED) is 0.844. The fourth-order valence-corrected chi connectivity index (χ4v) is 3.06. The Labute approximate surface area is 153 Å². The van der Waals surface area contributed by atoms with Gasteiger partial charge in [0, 0.05) is 42.4 Å². The highest BCUT2D eigenvalue weighted by Gasteiger charge is 2.22. The van der Waals surface area contributed by atoms with Gasteiger partial charge in [-0.05, 0) is 30.3 Å². The maximum atomic E-state index is 13.7. The van der Waals surface area contributed by atoms with Crippen molar-refractivity contribution in [3.05, 3.63) is 52.8 Å². The summed E-state index contributed by atoms with van der Waals surface area (Å²) in [5.74, 6) is -0.385. The summed E-state index contributed by atoms with van der Waals surface area (Å²) in [6.07, 6.45) is 0. The maximum absolute atomic E-state index is 13.7. The van der Waals surface area contributed by atoms with Crippen LogP contribution in [0.4, 0.5) is 10.1 Å². The fourth-order valence-electron chi connectivity index (χ4n) is 2.73. The van der Waals surface area contributed by atoms with E-state index in [0.717, 1.165) is 5.69 Å². The highest BCUT2D eigenvalue weighted by molar-refractivity contribution is 9.10. The minimum absolute atomic E-state index is 0.0648. The first-order valence-electron chi connectivity index (χ1n) is 7.92. The summed E-state index contributed by atoms with van der Waals surface area (Å²) in [6.45, 7) is 2.26. The van der Waals surface area contributed by atoms with Crippen LogP contribution in [0.25, 0.3) is 0 Å². The van der Waals surface area contributed by atoms with E-state index in [0.29, 0.717) is 30.7 Å². The van der Waals surface area contributed by atoms with E-state index in [-0.39, 0.29) is 24.0 Å². The number of phenolic OH excluding ortho intramolecular Hbond substituents is 1. The summed E-state index contributed by atoms with van der Waals surface area (Å²) in [7, 11) is 0. The number of benzene rings is 2. The molecule has 0 aliphatic carbocycles. The van der Waals surface area contributed by atoms with Crippen LogP contribution in [0.5, 0.6) is 11.5 Å². The van der Waals surface area contributed by atoms with Crippen molar-refractivity contribution in [2.24, 2.45) is 0 Å². The molecule has 0 unspecified atom stereocenters. The zero-order valence-electron chi connectivity index (χ0n) is 13.5. The first-order chi connectivity index (χ1) is 12.0. The molecule has 0 atom stereocenters. The molecule has 1 aliphatic heterocycles. The third-order valence-electron chi connectivity index (χ3n) is 4.07. The number of piperazine rings is 1. The van der Waals surface area contributed by atoms with Gasteiger partial charge in [-0.1, -0.05) is 22.0 Å². The second-order valence-corrected chi connectivity index (χ2v) is 6.67. The number of ether oxygens (including phenoxy) is 1. The number of phenols is 1. The molecule has 2 aromatic rings. The van der Waals surface area contributed by atoms with Crippen LogP contribution in [-0.2, 0) is 4.79 Å². The fraction of sp³-hybridized carbons (Fsp3) is 0.278. The van der Waals surface area contributed by atoms with Crippen LogP contribution in [-0.4, -0.2) is 48.7 Å². The molecule has 0 spiro atoms. The van der Waals surface area contributed by atoms with Gasteiger partial charge in [0.25, 0.3) is 5.91 Å². The number of nitrogens with zero attached hydrogens (tertiary/aromatic N) is 2. The van der Waals surface area contributed by atoms with E-state index in [1.165, 1.54) is 12.1 Å². The van der Waals surface area contributed by atoms with Crippen molar-refractivity contribution in [2.75, 3.05) is 37.7 Å². The summed E-state index contributed by atoms with van der Waals surface area (Å²) in [5, 5.41) is 9.56. The number of hydrogen-bond acceptors (Lipinski definition) is 4. The lowest BCUT2D eigenvalue weighted by Crippen LogP contribution is -2.50. The standard InChI is InChI=1S/C18H18BrFN2O3/c19-13-4-5-17(16(20)10-13)25-12-18(24)22-8-6-21(7-9-22)14-2-1-3-15(23)11-14/h1-5,10-11,23H,6-9,12H2. The second-order valence-electron chi connectivity index (χ2n) is 5.75. The minimum Gasteiger partial charge on any atom is -0.508 e. The molecule has 3 rings (SSSR count). The highest BCUT2D eigenvalue weighted by Crippen LogP contribution is 2.23. The van der Waals surface area contributed by atoms with Gasteiger partial charge in [0.1, 0.15) is 5.75 Å². The Kier molecular flexibility index (Phi) is 5.43. The molecule has 1 aliphatic rings. The van der Waals surface area contributed by atoms with Crippen molar-refractivity contribution in [3.8, 4) is 11.5 Å². The molecular weight excluding hydrogens is 391 g/mol. The summed E-state index contributed by atoms with van der Waals surface area (Å²) in [6, 6.07) is 11.5. The van der Waals surface area contributed by atoms with E-state index in [2.05, 4.69) is 20.8 Å². The van der Waals surface area contributed by atoms with E-state index in [9.17, 15) is 14.3 Å². The molecule has 7 heteroatoms. The minimum atomic E-state index is -0.504. The Bertz CT molecular complexity index is 764. The molecule has 1 N–H and O–H groups in total. The van der Waals surface area contributed by atoms with E-state index in [1.807, 2.05) is 6.07 Å². The van der Waals surface area contributed by atoms with Crippen molar-refractivity contribution in [3.63, 3.8) is 0 Å². The number of amides is 1. The van der Waals surface area contributed by atoms with Gasteiger partial charge < -0.3 is 19.6 Å². The molecule has 0 aromatic heterocycles. The molecule has 0 radical (unpaired) electrons. The van der Waals surface area contributed by atoms with Gasteiger partial charge in [-0.25, -0.2) is 4.39 Å². The summed E-state index contributed by atoms with van der Waals surface area (Å²) in [4.78, 5) is 16.1. The lowest BCUT2D eigenvalue weighted by atomic mass is 10.2. The topological polar surface area (TPSA) is 53.0 Å². The zero-order chi connectivity index (χ0) is 17.8. The third kappa shape index (κ3) is 4.42. The highest BCUT2D eigenvalue weighted by atomic mass is 79.9. The largest absolute Gasteiger partial charge is 0.508 e. The number of anilines is 1. The number of aromatic hydroxyl groups is 1. The molecule has 0 bridgehead atoms. The smallest absolute Gasteiger partial charge is 0.260 e. The molecular formula is C18H18BrFN2O3. The molecule has 1 amide bonds. The molecule has 5 nitrogen and oxygen atoms in total. The average molecular weight is 409 g/mol. The van der Waals surface area contributed by atoms with Gasteiger partial charge in [-0.2, -0.15) is 0 Å². The molecule has 1 saturated heterocycles. The third-order valence-corrected chi connectivity index (χ3v) is 4.57. The van der Waals surface area contributed by atoms with Crippen LogP contribution >= 0.6 is 15.9 Å². The normalized spacial score (nSPS) is 14.5. The maximum Gasteiger partial charge on any atom is 0.260 e.